The predicted molar refractivity (Wildman–Crippen MR) is 57.7 cm³/mol. The van der Waals surface area contributed by atoms with E-state index >= 15 is 0 Å². The highest BCUT2D eigenvalue weighted by Gasteiger charge is 2.24. The van der Waals surface area contributed by atoms with Crippen LogP contribution in [0.5, 0.6) is 0 Å². The van der Waals surface area contributed by atoms with Gasteiger partial charge in [-0.15, -0.1) is 0 Å². The number of benzene rings is 1. The molecule has 0 aliphatic carbocycles. The molecule has 1 rings (SSSR count). The Morgan fingerprint density at radius 2 is 2.12 bits per heavy atom. The first-order chi connectivity index (χ1) is 7.50. The van der Waals surface area contributed by atoms with Crippen molar-refractivity contribution in [1.29, 1.82) is 0 Å². The molecule has 16 heavy (non-hydrogen) atoms. The second kappa shape index (κ2) is 5.53. The molecular weight excluding hydrogens is 213 g/mol. The molecule has 88 valence electrons. The summed E-state index contributed by atoms with van der Waals surface area (Å²) in [6.07, 6.45) is -0.411. The van der Waals surface area contributed by atoms with Crippen LogP contribution in [0.15, 0.2) is 24.3 Å². The Kier molecular flexibility index (Phi) is 4.33. The molecule has 0 heterocycles. The second-order valence-electron chi connectivity index (χ2n) is 3.60. The van der Waals surface area contributed by atoms with Crippen LogP contribution in [0.2, 0.25) is 0 Å². The molecule has 0 bridgehead atoms. The van der Waals surface area contributed by atoms with Crippen LogP contribution in [0.25, 0.3) is 0 Å². The summed E-state index contributed by atoms with van der Waals surface area (Å²) < 4.78 is 12.8. The van der Waals surface area contributed by atoms with E-state index in [-0.39, 0.29) is 12.2 Å². The zero-order chi connectivity index (χ0) is 12.1. The van der Waals surface area contributed by atoms with E-state index in [1.165, 1.54) is 12.1 Å². The van der Waals surface area contributed by atoms with Crippen LogP contribution in [-0.4, -0.2) is 17.1 Å². The highest BCUT2D eigenvalue weighted by Crippen LogP contribution is 2.09. The van der Waals surface area contributed by atoms with Gasteiger partial charge >= 0.3 is 0 Å². The third kappa shape index (κ3) is 3.56. The quantitative estimate of drug-likeness (QED) is 0.438. The average molecular weight is 227 g/mol. The third-order valence-electron chi connectivity index (χ3n) is 2.33. The molecule has 0 aliphatic heterocycles. The van der Waals surface area contributed by atoms with E-state index in [4.69, 9.17) is 11.5 Å². The van der Waals surface area contributed by atoms with Crippen molar-refractivity contribution < 1.29 is 9.31 Å². The molecule has 0 saturated heterocycles. The zero-order valence-electron chi connectivity index (χ0n) is 8.67. The average Bonchev–Trinajstić information content (AvgIpc) is 2.16. The number of halogens is 1. The Balaban J connectivity index is 2.59. The number of hydrogen-bond donors (Lipinski definition) is 2. The first-order valence-corrected chi connectivity index (χ1v) is 4.90. The molecule has 1 aromatic rings. The lowest BCUT2D eigenvalue weighted by Gasteiger charge is -2.12. The lowest BCUT2D eigenvalue weighted by atomic mass is 10.0. The number of hydrogen-bond acceptors (Lipinski definition) is 4. The lowest BCUT2D eigenvalue weighted by molar-refractivity contribution is -0.526. The van der Waals surface area contributed by atoms with Gasteiger partial charge in [0.2, 0.25) is 6.04 Å². The van der Waals surface area contributed by atoms with Crippen LogP contribution in [0.3, 0.4) is 0 Å². The van der Waals surface area contributed by atoms with Crippen molar-refractivity contribution in [3.8, 4) is 0 Å². The Bertz CT molecular complexity index is 371. The largest absolute Gasteiger partial charge is 0.310 e. The second-order valence-corrected chi connectivity index (χ2v) is 3.60. The molecule has 4 N–H and O–H groups in total. The fraction of sp³-hybridized carbons (Fsp3) is 0.400. The molecule has 0 amide bonds. The molecule has 1 unspecified atom stereocenters. The lowest BCUT2D eigenvalue weighted by Crippen LogP contribution is -2.47. The number of nitrogens with two attached hydrogens (primary N) is 2. The molecule has 0 spiro atoms. The Labute approximate surface area is 92.4 Å². The first-order valence-electron chi connectivity index (χ1n) is 4.90. The van der Waals surface area contributed by atoms with Gasteiger partial charge in [0.1, 0.15) is 12.0 Å². The van der Waals surface area contributed by atoms with Gasteiger partial charge in [0.25, 0.3) is 0 Å². The summed E-state index contributed by atoms with van der Waals surface area (Å²) in [6.45, 7) is 0. The van der Waals surface area contributed by atoms with Gasteiger partial charge in [0.05, 0.1) is 0 Å². The van der Waals surface area contributed by atoms with Gasteiger partial charge in [-0.2, -0.15) is 0 Å². The van der Waals surface area contributed by atoms with E-state index < -0.39 is 17.1 Å². The third-order valence-corrected chi connectivity index (χ3v) is 2.33. The number of aryl methyl sites for hydroxylation is 1. The van der Waals surface area contributed by atoms with Gasteiger partial charge < -0.3 is 11.5 Å². The summed E-state index contributed by atoms with van der Waals surface area (Å²) in [5, 5.41) is 10.6. The molecule has 0 fully saturated rings. The van der Waals surface area contributed by atoms with Gasteiger partial charge in [0.15, 0.2) is 0 Å². The monoisotopic (exact) mass is 227 g/mol. The molecular formula is C10H14FN3O2. The van der Waals surface area contributed by atoms with Crippen LogP contribution < -0.4 is 11.5 Å². The molecule has 0 aromatic heterocycles. The molecule has 0 aliphatic rings. The normalized spacial score (nSPS) is 12.8. The van der Waals surface area contributed by atoms with Crippen LogP contribution in [0, 0.1) is 15.9 Å². The van der Waals surface area contributed by atoms with Crippen molar-refractivity contribution in [2.24, 2.45) is 11.5 Å². The van der Waals surface area contributed by atoms with Gasteiger partial charge in [-0.3, -0.25) is 10.1 Å². The maximum absolute atomic E-state index is 12.8. The molecule has 0 radical (unpaired) electrons. The number of nitro groups is 1. The first kappa shape index (κ1) is 12.5. The Morgan fingerprint density at radius 3 is 2.62 bits per heavy atom. The minimum atomic E-state index is -0.997. The van der Waals surface area contributed by atoms with E-state index in [9.17, 15) is 14.5 Å². The standard InChI is InChI=1S/C10H14FN3O2/c11-8-3-1-2-7(6-8)4-5-9(10(12)13)14(15)16/h1-3,6,9-10H,4-5,12-13H2. The fourth-order valence-electron chi connectivity index (χ4n) is 1.45. The molecule has 6 heteroatoms. The maximum atomic E-state index is 12.8. The van der Waals surface area contributed by atoms with Crippen molar-refractivity contribution in [1.82, 2.24) is 0 Å². The fourth-order valence-corrected chi connectivity index (χ4v) is 1.45. The van der Waals surface area contributed by atoms with E-state index in [0.717, 1.165) is 0 Å². The van der Waals surface area contributed by atoms with Gasteiger partial charge in [0, 0.05) is 11.3 Å². The minimum absolute atomic E-state index is 0.202. The summed E-state index contributed by atoms with van der Waals surface area (Å²) in [4.78, 5) is 10.1. The minimum Gasteiger partial charge on any atom is -0.310 e. The maximum Gasteiger partial charge on any atom is 0.241 e. The van der Waals surface area contributed by atoms with E-state index in [1.807, 2.05) is 0 Å². The van der Waals surface area contributed by atoms with Crippen LogP contribution >= 0.6 is 0 Å². The highest BCUT2D eigenvalue weighted by molar-refractivity contribution is 5.16. The van der Waals surface area contributed by atoms with E-state index in [0.29, 0.717) is 12.0 Å². The highest BCUT2D eigenvalue weighted by atomic mass is 19.1. The molecule has 5 nitrogen and oxygen atoms in total. The smallest absolute Gasteiger partial charge is 0.241 e. The van der Waals surface area contributed by atoms with Gasteiger partial charge in [-0.05, 0) is 24.1 Å². The molecule has 0 saturated carbocycles. The van der Waals surface area contributed by atoms with Crippen LogP contribution in [0.4, 0.5) is 4.39 Å². The Morgan fingerprint density at radius 1 is 1.44 bits per heavy atom. The topological polar surface area (TPSA) is 95.2 Å². The summed E-state index contributed by atoms with van der Waals surface area (Å²) in [6, 6.07) is 4.95. The number of nitrogens with zero attached hydrogens (tertiary/aromatic N) is 1. The SMILES string of the molecule is NC(N)C(CCc1cccc(F)c1)[N+](=O)[O-]. The number of rotatable bonds is 5. The summed E-state index contributed by atoms with van der Waals surface area (Å²) in [5.41, 5.74) is 11.3. The predicted octanol–water partition coefficient (Wildman–Crippen LogP) is 0.647. The molecule has 1 atom stereocenters. The van der Waals surface area contributed by atoms with Crippen LogP contribution in [0.1, 0.15) is 12.0 Å². The van der Waals surface area contributed by atoms with Crippen molar-refractivity contribution >= 4 is 0 Å². The zero-order valence-corrected chi connectivity index (χ0v) is 8.67. The van der Waals surface area contributed by atoms with Gasteiger partial charge in [-0.1, -0.05) is 12.1 Å². The summed E-state index contributed by atoms with van der Waals surface area (Å²) in [5.74, 6) is -0.354. The van der Waals surface area contributed by atoms with E-state index in [2.05, 4.69) is 0 Å². The summed E-state index contributed by atoms with van der Waals surface area (Å²) in [7, 11) is 0. The Hall–Kier alpha value is -1.53. The van der Waals surface area contributed by atoms with Crippen molar-refractivity contribution in [2.45, 2.75) is 25.0 Å². The molecule has 1 aromatic carbocycles. The van der Waals surface area contributed by atoms with Gasteiger partial charge in [-0.25, -0.2) is 4.39 Å². The van der Waals surface area contributed by atoms with Crippen LogP contribution in [-0.2, 0) is 6.42 Å². The van der Waals surface area contributed by atoms with Crippen molar-refractivity contribution in [2.75, 3.05) is 0 Å². The summed E-state index contributed by atoms with van der Waals surface area (Å²) >= 11 is 0. The van der Waals surface area contributed by atoms with E-state index in [1.54, 1.807) is 12.1 Å². The van der Waals surface area contributed by atoms with Crippen molar-refractivity contribution in [3.05, 3.63) is 45.8 Å². The van der Waals surface area contributed by atoms with Crippen molar-refractivity contribution in [3.63, 3.8) is 0 Å².